The summed E-state index contributed by atoms with van der Waals surface area (Å²) in [6, 6.07) is 3.11. The van der Waals surface area contributed by atoms with Crippen LogP contribution in [0.2, 0.25) is 5.02 Å². The van der Waals surface area contributed by atoms with Gasteiger partial charge < -0.3 is 5.73 Å². The molecule has 1 rings (SSSR count). The van der Waals surface area contributed by atoms with E-state index in [1.165, 1.54) is 17.8 Å². The van der Waals surface area contributed by atoms with Gasteiger partial charge in [0.2, 0.25) is 0 Å². The van der Waals surface area contributed by atoms with E-state index < -0.39 is 0 Å². The summed E-state index contributed by atoms with van der Waals surface area (Å²) in [6.07, 6.45) is 1.78. The Morgan fingerprint density at radius 1 is 1.58 bits per heavy atom. The van der Waals surface area contributed by atoms with Crippen LogP contribution in [-0.2, 0) is 6.54 Å². The lowest BCUT2D eigenvalue weighted by Gasteiger charge is -2.04. The van der Waals surface area contributed by atoms with E-state index in [0.29, 0.717) is 16.5 Å². The summed E-state index contributed by atoms with van der Waals surface area (Å²) >= 11 is 7.09. The first-order valence-corrected chi connectivity index (χ1v) is 5.01. The van der Waals surface area contributed by atoms with Crippen molar-refractivity contribution in [2.45, 2.75) is 11.4 Å². The van der Waals surface area contributed by atoms with Gasteiger partial charge in [-0.3, -0.25) is 0 Å². The molecule has 66 valence electrons. The molecule has 0 bridgehead atoms. The minimum absolute atomic E-state index is 0.296. The highest BCUT2D eigenvalue weighted by molar-refractivity contribution is 7.98. The van der Waals surface area contributed by atoms with Crippen LogP contribution in [0.3, 0.4) is 0 Å². The summed E-state index contributed by atoms with van der Waals surface area (Å²) in [4.78, 5) is 0.480. The van der Waals surface area contributed by atoms with Crippen molar-refractivity contribution < 1.29 is 4.39 Å². The molecule has 0 unspecified atom stereocenters. The van der Waals surface area contributed by atoms with E-state index in [1.54, 1.807) is 12.3 Å². The maximum absolute atomic E-state index is 13.1. The Morgan fingerprint density at radius 3 is 2.67 bits per heavy atom. The largest absolute Gasteiger partial charge is 0.326 e. The molecule has 0 heterocycles. The molecule has 0 aliphatic heterocycles. The van der Waals surface area contributed by atoms with Gasteiger partial charge in [-0.25, -0.2) is 4.39 Å². The van der Waals surface area contributed by atoms with Crippen LogP contribution in [0.1, 0.15) is 5.56 Å². The molecular weight excluding hydrogens is 197 g/mol. The third kappa shape index (κ3) is 1.91. The van der Waals surface area contributed by atoms with E-state index >= 15 is 0 Å². The number of halogens is 2. The van der Waals surface area contributed by atoms with Crippen molar-refractivity contribution in [2.75, 3.05) is 6.26 Å². The number of thioether (sulfide) groups is 1. The second-order valence-electron chi connectivity index (χ2n) is 2.30. The van der Waals surface area contributed by atoms with E-state index in [-0.39, 0.29) is 5.82 Å². The molecule has 0 spiro atoms. The van der Waals surface area contributed by atoms with Gasteiger partial charge in [-0.2, -0.15) is 0 Å². The summed E-state index contributed by atoms with van der Waals surface area (Å²) in [6.45, 7) is 0.311. The Hall–Kier alpha value is -0.250. The average Bonchev–Trinajstić information content (AvgIpc) is 2.03. The van der Waals surface area contributed by atoms with Crippen LogP contribution in [0, 0.1) is 5.82 Å². The maximum Gasteiger partial charge on any atom is 0.138 e. The van der Waals surface area contributed by atoms with Gasteiger partial charge in [-0.15, -0.1) is 11.8 Å². The standard InChI is InChI=1S/C8H9ClFNS/c1-12-8-6(9)2-5(4-11)3-7(8)10/h2-3H,4,11H2,1H3. The Bertz CT molecular complexity index is 267. The zero-order valence-electron chi connectivity index (χ0n) is 6.60. The molecule has 0 aliphatic carbocycles. The zero-order valence-corrected chi connectivity index (χ0v) is 8.18. The molecule has 0 amide bonds. The molecule has 4 heteroatoms. The second kappa shape index (κ2) is 4.12. The number of rotatable bonds is 2. The van der Waals surface area contributed by atoms with Gasteiger partial charge in [-0.05, 0) is 24.0 Å². The molecule has 0 radical (unpaired) electrons. The summed E-state index contributed by atoms with van der Waals surface area (Å²) in [5.74, 6) is -0.296. The molecule has 1 aromatic rings. The van der Waals surface area contributed by atoms with Crippen molar-refractivity contribution in [1.82, 2.24) is 0 Å². The molecule has 0 atom stereocenters. The minimum Gasteiger partial charge on any atom is -0.326 e. The first-order valence-electron chi connectivity index (χ1n) is 3.41. The van der Waals surface area contributed by atoms with Gasteiger partial charge in [0, 0.05) is 6.54 Å². The topological polar surface area (TPSA) is 26.0 Å². The fraction of sp³-hybridized carbons (Fsp3) is 0.250. The van der Waals surface area contributed by atoms with Crippen LogP contribution < -0.4 is 5.73 Å². The quantitative estimate of drug-likeness (QED) is 0.752. The molecule has 2 N–H and O–H groups in total. The minimum atomic E-state index is -0.296. The smallest absolute Gasteiger partial charge is 0.138 e. The van der Waals surface area contributed by atoms with Gasteiger partial charge in [0.05, 0.1) is 9.92 Å². The summed E-state index contributed by atoms with van der Waals surface area (Å²) < 4.78 is 13.1. The van der Waals surface area contributed by atoms with Gasteiger partial charge >= 0.3 is 0 Å². The van der Waals surface area contributed by atoms with Crippen molar-refractivity contribution in [3.05, 3.63) is 28.5 Å². The zero-order chi connectivity index (χ0) is 9.14. The number of hydrogen-bond acceptors (Lipinski definition) is 2. The average molecular weight is 206 g/mol. The van der Waals surface area contributed by atoms with Crippen molar-refractivity contribution in [2.24, 2.45) is 5.73 Å². The van der Waals surface area contributed by atoms with Crippen LogP contribution in [0.25, 0.3) is 0 Å². The lowest BCUT2D eigenvalue weighted by molar-refractivity contribution is 0.600. The fourth-order valence-corrected chi connectivity index (χ4v) is 1.89. The third-order valence-corrected chi connectivity index (χ3v) is 2.73. The van der Waals surface area contributed by atoms with E-state index in [9.17, 15) is 4.39 Å². The van der Waals surface area contributed by atoms with E-state index in [0.717, 1.165) is 5.56 Å². The van der Waals surface area contributed by atoms with Crippen molar-refractivity contribution in [1.29, 1.82) is 0 Å². The van der Waals surface area contributed by atoms with Gasteiger partial charge in [0.15, 0.2) is 0 Å². The Morgan fingerprint density at radius 2 is 2.25 bits per heavy atom. The predicted molar refractivity (Wildman–Crippen MR) is 51.1 cm³/mol. The van der Waals surface area contributed by atoms with Crippen molar-refractivity contribution in [3.8, 4) is 0 Å². The first kappa shape index (κ1) is 9.84. The SMILES string of the molecule is CSc1c(F)cc(CN)cc1Cl. The Kier molecular flexibility index (Phi) is 3.38. The molecule has 0 saturated carbocycles. The number of nitrogens with two attached hydrogens (primary N) is 1. The van der Waals surface area contributed by atoms with Crippen molar-refractivity contribution >= 4 is 23.4 Å². The highest BCUT2D eigenvalue weighted by Gasteiger charge is 2.07. The van der Waals surface area contributed by atoms with Crippen molar-refractivity contribution in [3.63, 3.8) is 0 Å². The van der Waals surface area contributed by atoms with E-state index in [4.69, 9.17) is 17.3 Å². The molecule has 0 aliphatic rings. The molecule has 1 nitrogen and oxygen atoms in total. The van der Waals surface area contributed by atoms with Crippen LogP contribution >= 0.6 is 23.4 Å². The molecule has 12 heavy (non-hydrogen) atoms. The molecule has 0 fully saturated rings. The van der Waals surface area contributed by atoms with Crippen LogP contribution in [-0.4, -0.2) is 6.26 Å². The van der Waals surface area contributed by atoms with Gasteiger partial charge in [0.1, 0.15) is 5.82 Å². The summed E-state index contributed by atoms with van der Waals surface area (Å²) in [5, 5.41) is 0.433. The second-order valence-corrected chi connectivity index (χ2v) is 3.52. The normalized spacial score (nSPS) is 10.3. The van der Waals surface area contributed by atoms with Gasteiger partial charge in [-0.1, -0.05) is 11.6 Å². The predicted octanol–water partition coefficient (Wildman–Crippen LogP) is 2.66. The monoisotopic (exact) mass is 205 g/mol. The third-order valence-electron chi connectivity index (χ3n) is 1.50. The van der Waals surface area contributed by atoms with Crippen LogP contribution in [0.15, 0.2) is 17.0 Å². The fourth-order valence-electron chi connectivity index (χ4n) is 0.925. The van der Waals surface area contributed by atoms with Gasteiger partial charge in [0.25, 0.3) is 0 Å². The van der Waals surface area contributed by atoms with E-state index in [2.05, 4.69) is 0 Å². The maximum atomic E-state index is 13.1. The molecular formula is C8H9ClFNS. The molecule has 0 aromatic heterocycles. The highest BCUT2D eigenvalue weighted by Crippen LogP contribution is 2.29. The number of hydrogen-bond donors (Lipinski definition) is 1. The molecule has 1 aromatic carbocycles. The highest BCUT2D eigenvalue weighted by atomic mass is 35.5. The van der Waals surface area contributed by atoms with E-state index in [1.807, 2.05) is 0 Å². The van der Waals surface area contributed by atoms with Crippen LogP contribution in [0.4, 0.5) is 4.39 Å². The lowest BCUT2D eigenvalue weighted by Crippen LogP contribution is -1.97. The number of benzene rings is 1. The lowest BCUT2D eigenvalue weighted by atomic mass is 10.2. The van der Waals surface area contributed by atoms with Crippen LogP contribution in [0.5, 0.6) is 0 Å². The Labute approximate surface area is 80.1 Å². The molecule has 0 saturated heterocycles. The Balaban J connectivity index is 3.18. The summed E-state index contributed by atoms with van der Waals surface area (Å²) in [5.41, 5.74) is 6.06. The summed E-state index contributed by atoms with van der Waals surface area (Å²) in [7, 11) is 0. The first-order chi connectivity index (χ1) is 5.69.